The Morgan fingerprint density at radius 2 is 1.41 bits per heavy atom. The SMILES string of the molecule is CC(C)(C)[Si](C)(C)OCc1cccc([Si](C)(C)C(C)(C)C)c1. The molecule has 126 valence electrons. The zero-order valence-corrected chi connectivity index (χ0v) is 18.4. The lowest BCUT2D eigenvalue weighted by molar-refractivity contribution is 0.276. The highest BCUT2D eigenvalue weighted by molar-refractivity contribution is 6.92. The quantitative estimate of drug-likeness (QED) is 0.620. The van der Waals surface area contributed by atoms with Crippen molar-refractivity contribution in [2.24, 2.45) is 0 Å². The van der Waals surface area contributed by atoms with E-state index >= 15 is 0 Å². The van der Waals surface area contributed by atoms with Crippen LogP contribution in [0.15, 0.2) is 24.3 Å². The molecule has 0 spiro atoms. The van der Waals surface area contributed by atoms with Gasteiger partial charge in [-0.25, -0.2) is 0 Å². The predicted molar refractivity (Wildman–Crippen MR) is 105 cm³/mol. The van der Waals surface area contributed by atoms with Gasteiger partial charge in [0, 0.05) is 0 Å². The molecule has 0 aliphatic carbocycles. The van der Waals surface area contributed by atoms with Gasteiger partial charge in [0.2, 0.25) is 0 Å². The van der Waals surface area contributed by atoms with Crippen LogP contribution in [0.4, 0.5) is 0 Å². The summed E-state index contributed by atoms with van der Waals surface area (Å²) < 4.78 is 6.39. The fourth-order valence-electron chi connectivity index (χ4n) is 1.96. The first-order valence-corrected chi connectivity index (χ1v) is 14.3. The topological polar surface area (TPSA) is 9.23 Å². The van der Waals surface area contributed by atoms with E-state index in [1.54, 1.807) is 0 Å². The molecule has 3 heteroatoms. The molecule has 0 fully saturated rings. The van der Waals surface area contributed by atoms with Gasteiger partial charge in [0.15, 0.2) is 8.32 Å². The second-order valence-electron chi connectivity index (χ2n) is 9.62. The standard InChI is InChI=1S/C19H36OSi2/c1-18(2,3)21(7,8)17-13-11-12-16(14-17)15-20-22(9,10)19(4,5)6/h11-14H,15H2,1-10H3. The normalized spacial score (nSPS) is 14.3. The highest BCUT2D eigenvalue weighted by Gasteiger charge is 2.38. The summed E-state index contributed by atoms with van der Waals surface area (Å²) in [5, 5.41) is 2.17. The molecule has 1 nitrogen and oxygen atoms in total. The van der Waals surface area contributed by atoms with Crippen LogP contribution in [0.5, 0.6) is 0 Å². The third-order valence-electron chi connectivity index (χ3n) is 5.93. The fraction of sp³-hybridized carbons (Fsp3) is 0.684. The van der Waals surface area contributed by atoms with Crippen LogP contribution < -0.4 is 5.19 Å². The molecular formula is C19H36OSi2. The second-order valence-corrected chi connectivity index (χ2v) is 19.8. The van der Waals surface area contributed by atoms with Crippen LogP contribution in [0, 0.1) is 0 Å². The third kappa shape index (κ3) is 4.33. The smallest absolute Gasteiger partial charge is 0.192 e. The summed E-state index contributed by atoms with van der Waals surface area (Å²) in [5.41, 5.74) is 1.33. The molecule has 1 aromatic rings. The summed E-state index contributed by atoms with van der Waals surface area (Å²) in [6, 6.07) is 9.13. The summed E-state index contributed by atoms with van der Waals surface area (Å²) in [7, 11) is -3.14. The summed E-state index contributed by atoms with van der Waals surface area (Å²) in [4.78, 5) is 0. The molecule has 0 atom stereocenters. The minimum Gasteiger partial charge on any atom is -0.413 e. The Balaban J connectivity index is 2.96. The fourth-order valence-corrected chi connectivity index (χ4v) is 4.85. The highest BCUT2D eigenvalue weighted by Crippen LogP contribution is 2.37. The number of hydrogen-bond acceptors (Lipinski definition) is 1. The van der Waals surface area contributed by atoms with Crippen LogP contribution in [0.1, 0.15) is 47.1 Å². The molecule has 0 aromatic heterocycles. The molecule has 0 aliphatic rings. The second kappa shape index (κ2) is 6.25. The Hall–Kier alpha value is -0.386. The van der Waals surface area contributed by atoms with E-state index in [1.807, 2.05) is 0 Å². The van der Waals surface area contributed by atoms with Gasteiger partial charge < -0.3 is 4.43 Å². The first kappa shape index (κ1) is 19.7. The largest absolute Gasteiger partial charge is 0.413 e. The lowest BCUT2D eigenvalue weighted by atomic mass is 10.2. The molecule has 0 saturated carbocycles. The average molecular weight is 337 g/mol. The highest BCUT2D eigenvalue weighted by atomic mass is 28.4. The van der Waals surface area contributed by atoms with Gasteiger partial charge in [-0.05, 0) is 28.7 Å². The van der Waals surface area contributed by atoms with Gasteiger partial charge in [-0.1, -0.05) is 84.1 Å². The summed E-state index contributed by atoms with van der Waals surface area (Å²) >= 11 is 0. The molecule has 1 aromatic carbocycles. The van der Waals surface area contributed by atoms with Gasteiger partial charge in [-0.15, -0.1) is 0 Å². The lowest BCUT2D eigenvalue weighted by Gasteiger charge is -2.38. The van der Waals surface area contributed by atoms with Crippen LogP contribution in [-0.2, 0) is 11.0 Å². The maximum Gasteiger partial charge on any atom is 0.192 e. The molecule has 1 rings (SSSR count). The first-order valence-electron chi connectivity index (χ1n) is 8.42. The first-order chi connectivity index (χ1) is 9.68. The van der Waals surface area contributed by atoms with E-state index in [0.29, 0.717) is 5.04 Å². The van der Waals surface area contributed by atoms with Gasteiger partial charge in [-0.2, -0.15) is 0 Å². The number of rotatable bonds is 4. The van der Waals surface area contributed by atoms with Gasteiger partial charge >= 0.3 is 0 Å². The molecule has 0 unspecified atom stereocenters. The zero-order chi connectivity index (χ0) is 17.4. The molecule has 0 amide bonds. The van der Waals surface area contributed by atoms with Crippen LogP contribution in [-0.4, -0.2) is 16.4 Å². The molecule has 22 heavy (non-hydrogen) atoms. The third-order valence-corrected chi connectivity index (χ3v) is 15.9. The van der Waals surface area contributed by atoms with E-state index in [9.17, 15) is 0 Å². The minimum absolute atomic E-state index is 0.268. The minimum atomic E-state index is -1.68. The van der Waals surface area contributed by atoms with Crippen molar-refractivity contribution in [3.05, 3.63) is 29.8 Å². The number of hydrogen-bond donors (Lipinski definition) is 0. The average Bonchev–Trinajstić information content (AvgIpc) is 2.34. The molecule has 0 bridgehead atoms. The molecule has 0 heterocycles. The van der Waals surface area contributed by atoms with Crippen molar-refractivity contribution in [2.45, 2.75) is 84.4 Å². The van der Waals surface area contributed by atoms with E-state index in [1.165, 1.54) is 10.8 Å². The molecular weight excluding hydrogens is 300 g/mol. The zero-order valence-electron chi connectivity index (χ0n) is 16.4. The van der Waals surface area contributed by atoms with Crippen LogP contribution in [0.25, 0.3) is 0 Å². The molecule has 0 radical (unpaired) electrons. The summed E-state index contributed by atoms with van der Waals surface area (Å²) in [6.45, 7) is 24.4. The van der Waals surface area contributed by atoms with Gasteiger partial charge in [0.25, 0.3) is 0 Å². The van der Waals surface area contributed by atoms with Crippen molar-refractivity contribution >= 4 is 21.6 Å². The maximum absolute atomic E-state index is 6.39. The summed E-state index contributed by atoms with van der Waals surface area (Å²) in [5.74, 6) is 0. The molecule has 0 saturated heterocycles. The van der Waals surface area contributed by atoms with Crippen LogP contribution >= 0.6 is 0 Å². The molecule has 0 N–H and O–H groups in total. The maximum atomic E-state index is 6.39. The Labute approximate surface area is 140 Å². The molecule has 0 aliphatic heterocycles. The lowest BCUT2D eigenvalue weighted by Crippen LogP contribution is -2.49. The van der Waals surface area contributed by atoms with Crippen molar-refractivity contribution in [3.63, 3.8) is 0 Å². The predicted octanol–water partition coefficient (Wildman–Crippen LogP) is 5.92. The van der Waals surface area contributed by atoms with Crippen LogP contribution in [0.3, 0.4) is 0 Å². The Morgan fingerprint density at radius 1 is 0.864 bits per heavy atom. The van der Waals surface area contributed by atoms with Crippen LogP contribution in [0.2, 0.25) is 36.3 Å². The van der Waals surface area contributed by atoms with Crippen molar-refractivity contribution in [1.29, 1.82) is 0 Å². The van der Waals surface area contributed by atoms with E-state index < -0.39 is 16.4 Å². The Kier molecular flexibility index (Phi) is 5.59. The van der Waals surface area contributed by atoms with E-state index in [2.05, 4.69) is 92.0 Å². The van der Waals surface area contributed by atoms with Gasteiger partial charge in [0.1, 0.15) is 0 Å². The van der Waals surface area contributed by atoms with E-state index in [0.717, 1.165) is 6.61 Å². The van der Waals surface area contributed by atoms with Crippen molar-refractivity contribution in [1.82, 2.24) is 0 Å². The van der Waals surface area contributed by atoms with E-state index in [4.69, 9.17) is 4.43 Å². The van der Waals surface area contributed by atoms with Gasteiger partial charge in [-0.3, -0.25) is 0 Å². The van der Waals surface area contributed by atoms with Crippen molar-refractivity contribution in [2.75, 3.05) is 0 Å². The van der Waals surface area contributed by atoms with Crippen molar-refractivity contribution < 1.29 is 4.43 Å². The van der Waals surface area contributed by atoms with E-state index in [-0.39, 0.29) is 5.04 Å². The van der Waals surface area contributed by atoms with Crippen molar-refractivity contribution in [3.8, 4) is 0 Å². The Morgan fingerprint density at radius 3 is 1.86 bits per heavy atom. The van der Waals surface area contributed by atoms with Gasteiger partial charge in [0.05, 0.1) is 14.7 Å². The summed E-state index contributed by atoms with van der Waals surface area (Å²) in [6.07, 6.45) is 0. The Bertz CT molecular complexity index is 505. The monoisotopic (exact) mass is 336 g/mol. The number of benzene rings is 1.